The molecule has 0 unspecified atom stereocenters. The van der Waals surface area contributed by atoms with Crippen LogP contribution in [0.5, 0.6) is 0 Å². The van der Waals surface area contributed by atoms with Crippen molar-refractivity contribution < 1.29 is 23.9 Å². The van der Waals surface area contributed by atoms with Crippen LogP contribution < -0.4 is 4.90 Å². The minimum atomic E-state index is -0.421. The van der Waals surface area contributed by atoms with Gasteiger partial charge < -0.3 is 24.3 Å². The molecule has 1 saturated heterocycles. The molecule has 0 saturated carbocycles. The van der Waals surface area contributed by atoms with Gasteiger partial charge in [-0.25, -0.2) is 14.6 Å². The first-order chi connectivity index (χ1) is 14.9. The third-order valence-electron chi connectivity index (χ3n) is 5.28. The fourth-order valence-electron chi connectivity index (χ4n) is 3.68. The van der Waals surface area contributed by atoms with Gasteiger partial charge in [-0.3, -0.25) is 4.79 Å². The van der Waals surface area contributed by atoms with E-state index in [9.17, 15) is 14.4 Å². The maximum Gasteiger partial charge on any atom is 0.340 e. The van der Waals surface area contributed by atoms with Crippen LogP contribution in [0.15, 0.2) is 18.3 Å². The summed E-state index contributed by atoms with van der Waals surface area (Å²) in [6, 6.07) is 3.48. The zero-order valence-corrected chi connectivity index (χ0v) is 18.4. The summed E-state index contributed by atoms with van der Waals surface area (Å²) in [5, 5.41) is 0. The van der Waals surface area contributed by atoms with E-state index in [1.807, 2.05) is 0 Å². The second kappa shape index (κ2) is 9.63. The van der Waals surface area contributed by atoms with Gasteiger partial charge in [0.1, 0.15) is 11.5 Å². The van der Waals surface area contributed by atoms with Crippen LogP contribution in [-0.4, -0.2) is 72.1 Å². The van der Waals surface area contributed by atoms with E-state index in [2.05, 4.69) is 14.9 Å². The Kier molecular flexibility index (Phi) is 6.94. The summed E-state index contributed by atoms with van der Waals surface area (Å²) in [6.07, 6.45) is 1.51. The second-order valence-electron chi connectivity index (χ2n) is 7.25. The molecule has 0 spiro atoms. The maximum absolute atomic E-state index is 13.0. The number of aromatic nitrogens is 2. The zero-order valence-electron chi connectivity index (χ0n) is 18.4. The van der Waals surface area contributed by atoms with Gasteiger partial charge in [-0.15, -0.1) is 0 Å². The number of nitrogens with one attached hydrogen (secondary N) is 1. The van der Waals surface area contributed by atoms with Crippen LogP contribution in [0.1, 0.15) is 56.3 Å². The second-order valence-corrected chi connectivity index (χ2v) is 7.25. The molecular weight excluding hydrogens is 400 g/mol. The number of hydrogen-bond acceptors (Lipinski definition) is 7. The number of rotatable bonds is 6. The number of piperazine rings is 1. The lowest BCUT2D eigenvalue weighted by Gasteiger charge is -2.35. The summed E-state index contributed by atoms with van der Waals surface area (Å²) in [4.78, 5) is 48.3. The van der Waals surface area contributed by atoms with Gasteiger partial charge in [0.15, 0.2) is 0 Å². The van der Waals surface area contributed by atoms with Crippen LogP contribution in [0.25, 0.3) is 0 Å². The standard InChI is InChI=1S/C22H28N4O5/c1-5-30-21(28)16-7-8-17(23-13-16)25-9-11-26(12-10-25)20(27)19-14(3)18(15(4)24-19)22(29)31-6-2/h7-8,13,24H,5-6,9-12H2,1-4H3. The number of ether oxygens (including phenoxy) is 2. The highest BCUT2D eigenvalue weighted by Gasteiger charge is 2.28. The first-order valence-corrected chi connectivity index (χ1v) is 10.4. The number of aromatic amines is 1. The van der Waals surface area contributed by atoms with Crippen molar-refractivity contribution >= 4 is 23.7 Å². The van der Waals surface area contributed by atoms with E-state index in [-0.39, 0.29) is 12.5 Å². The SMILES string of the molecule is CCOC(=O)c1ccc(N2CCN(C(=O)c3[nH]c(C)c(C(=O)OCC)c3C)CC2)nc1. The van der Waals surface area contributed by atoms with Gasteiger partial charge in [-0.05, 0) is 45.4 Å². The number of carbonyl (C=O) groups is 3. The fraction of sp³-hybridized carbons (Fsp3) is 0.455. The van der Waals surface area contributed by atoms with E-state index in [0.717, 1.165) is 5.82 Å². The van der Waals surface area contributed by atoms with Gasteiger partial charge in [0.05, 0.1) is 24.3 Å². The number of nitrogens with zero attached hydrogens (tertiary/aromatic N) is 3. The number of hydrogen-bond donors (Lipinski definition) is 1. The number of carbonyl (C=O) groups excluding carboxylic acids is 3. The molecule has 1 aliphatic heterocycles. The average molecular weight is 428 g/mol. The average Bonchev–Trinajstić information content (AvgIpc) is 3.07. The molecule has 9 nitrogen and oxygen atoms in total. The van der Waals surface area contributed by atoms with E-state index in [1.54, 1.807) is 44.7 Å². The number of H-pyrrole nitrogens is 1. The number of pyridine rings is 1. The fourth-order valence-corrected chi connectivity index (χ4v) is 3.68. The summed E-state index contributed by atoms with van der Waals surface area (Å²) in [5.74, 6) is -0.205. The van der Waals surface area contributed by atoms with Gasteiger partial charge in [-0.2, -0.15) is 0 Å². The van der Waals surface area contributed by atoms with E-state index >= 15 is 0 Å². The molecule has 1 fully saturated rings. The molecule has 1 amide bonds. The molecule has 0 aromatic carbocycles. The third kappa shape index (κ3) is 4.70. The quantitative estimate of drug-likeness (QED) is 0.704. The molecule has 2 aromatic rings. The van der Waals surface area contributed by atoms with Gasteiger partial charge in [0, 0.05) is 38.1 Å². The lowest BCUT2D eigenvalue weighted by molar-refractivity contribution is 0.0515. The molecule has 1 aliphatic rings. The largest absolute Gasteiger partial charge is 0.462 e. The Morgan fingerprint density at radius 3 is 2.23 bits per heavy atom. The topological polar surface area (TPSA) is 105 Å². The molecule has 1 N–H and O–H groups in total. The molecule has 9 heteroatoms. The van der Waals surface area contributed by atoms with Gasteiger partial charge in [-0.1, -0.05) is 0 Å². The van der Waals surface area contributed by atoms with E-state index in [4.69, 9.17) is 9.47 Å². The Bertz CT molecular complexity index is 959. The molecule has 0 radical (unpaired) electrons. The lowest BCUT2D eigenvalue weighted by Crippen LogP contribution is -2.49. The molecule has 0 atom stereocenters. The van der Waals surface area contributed by atoms with Crippen molar-refractivity contribution in [2.45, 2.75) is 27.7 Å². The first kappa shape index (κ1) is 22.3. The molecule has 2 aromatic heterocycles. The molecular formula is C22H28N4O5. The van der Waals surface area contributed by atoms with E-state index in [0.29, 0.717) is 60.9 Å². The van der Waals surface area contributed by atoms with Gasteiger partial charge in [0.2, 0.25) is 0 Å². The number of anilines is 1. The van der Waals surface area contributed by atoms with Crippen LogP contribution in [0.3, 0.4) is 0 Å². The third-order valence-corrected chi connectivity index (χ3v) is 5.28. The van der Waals surface area contributed by atoms with Crippen LogP contribution in [0, 0.1) is 13.8 Å². The predicted molar refractivity (Wildman–Crippen MR) is 115 cm³/mol. The lowest BCUT2D eigenvalue weighted by atomic mass is 10.1. The summed E-state index contributed by atoms with van der Waals surface area (Å²) >= 11 is 0. The Morgan fingerprint density at radius 2 is 1.65 bits per heavy atom. The van der Waals surface area contributed by atoms with Crippen LogP contribution in [0.4, 0.5) is 5.82 Å². The first-order valence-electron chi connectivity index (χ1n) is 10.4. The summed E-state index contributed by atoms with van der Waals surface area (Å²) in [6.45, 7) is 9.89. The van der Waals surface area contributed by atoms with Crippen molar-refractivity contribution in [1.29, 1.82) is 0 Å². The highest BCUT2D eigenvalue weighted by atomic mass is 16.5. The minimum Gasteiger partial charge on any atom is -0.462 e. The van der Waals surface area contributed by atoms with Gasteiger partial charge >= 0.3 is 11.9 Å². The van der Waals surface area contributed by atoms with Crippen molar-refractivity contribution in [3.63, 3.8) is 0 Å². The Morgan fingerprint density at radius 1 is 1.00 bits per heavy atom. The smallest absolute Gasteiger partial charge is 0.340 e. The summed E-state index contributed by atoms with van der Waals surface area (Å²) < 4.78 is 10.1. The molecule has 0 aliphatic carbocycles. The normalized spacial score (nSPS) is 13.8. The molecule has 3 rings (SSSR count). The van der Waals surface area contributed by atoms with E-state index < -0.39 is 11.9 Å². The van der Waals surface area contributed by atoms with Crippen LogP contribution in [0.2, 0.25) is 0 Å². The monoisotopic (exact) mass is 428 g/mol. The van der Waals surface area contributed by atoms with Crippen molar-refractivity contribution in [2.75, 3.05) is 44.3 Å². The number of aryl methyl sites for hydroxylation is 1. The van der Waals surface area contributed by atoms with Crippen LogP contribution in [-0.2, 0) is 9.47 Å². The molecule has 31 heavy (non-hydrogen) atoms. The van der Waals surface area contributed by atoms with Gasteiger partial charge in [0.25, 0.3) is 5.91 Å². The summed E-state index contributed by atoms with van der Waals surface area (Å²) in [7, 11) is 0. The minimum absolute atomic E-state index is 0.138. The van der Waals surface area contributed by atoms with E-state index in [1.165, 1.54) is 6.20 Å². The highest BCUT2D eigenvalue weighted by molar-refractivity contribution is 6.00. The molecule has 3 heterocycles. The highest BCUT2D eigenvalue weighted by Crippen LogP contribution is 2.22. The van der Waals surface area contributed by atoms with Crippen molar-refractivity contribution in [3.05, 3.63) is 46.4 Å². The Labute approximate surface area is 181 Å². The van der Waals surface area contributed by atoms with Crippen molar-refractivity contribution in [3.8, 4) is 0 Å². The maximum atomic E-state index is 13.0. The molecule has 166 valence electrons. The number of esters is 2. The van der Waals surface area contributed by atoms with Crippen molar-refractivity contribution in [1.82, 2.24) is 14.9 Å². The zero-order chi connectivity index (χ0) is 22.5. The summed E-state index contributed by atoms with van der Waals surface area (Å²) in [5.41, 5.74) is 2.50. The number of amides is 1. The Balaban J connectivity index is 1.65. The molecule has 0 bridgehead atoms. The van der Waals surface area contributed by atoms with Crippen molar-refractivity contribution in [2.24, 2.45) is 0 Å². The Hall–Kier alpha value is -3.36. The van der Waals surface area contributed by atoms with Crippen LogP contribution >= 0.6 is 0 Å². The predicted octanol–water partition coefficient (Wildman–Crippen LogP) is 2.34.